The van der Waals surface area contributed by atoms with Gasteiger partial charge < -0.3 is 5.73 Å². The molecule has 0 amide bonds. The van der Waals surface area contributed by atoms with Gasteiger partial charge in [-0.1, -0.05) is 0 Å². The van der Waals surface area contributed by atoms with Gasteiger partial charge in [0.05, 0.1) is 12.1 Å². The average Bonchev–Trinajstić information content (AvgIpc) is 2.15. The Morgan fingerprint density at radius 2 is 1.40 bits per heavy atom. The molecule has 1 aromatic rings. The van der Waals surface area contributed by atoms with Crippen molar-refractivity contribution in [2.75, 3.05) is 6.54 Å². The standard InChI is InChI=1S/C8H5F6N/c9-3-1-4(10)7(12)5(6(3)11)8(13,14)2-15/h1H,2,15H2. The lowest BCUT2D eigenvalue weighted by molar-refractivity contribution is -0.00283. The molecule has 0 aliphatic rings. The second-order valence-electron chi connectivity index (χ2n) is 2.75. The topological polar surface area (TPSA) is 26.0 Å². The molecule has 7 heteroatoms. The number of rotatable bonds is 2. The zero-order chi connectivity index (χ0) is 11.8. The van der Waals surface area contributed by atoms with Crippen LogP contribution in [0.2, 0.25) is 0 Å². The molecule has 0 aliphatic carbocycles. The van der Waals surface area contributed by atoms with Gasteiger partial charge in [-0.2, -0.15) is 8.78 Å². The first kappa shape index (κ1) is 11.8. The smallest absolute Gasteiger partial charge is 0.291 e. The summed E-state index contributed by atoms with van der Waals surface area (Å²) >= 11 is 0. The second kappa shape index (κ2) is 3.73. The zero-order valence-electron chi connectivity index (χ0n) is 7.13. The third kappa shape index (κ3) is 1.92. The summed E-state index contributed by atoms with van der Waals surface area (Å²) in [6.07, 6.45) is 0. The molecule has 0 atom stereocenters. The van der Waals surface area contributed by atoms with Crippen LogP contribution in [-0.4, -0.2) is 6.54 Å². The van der Waals surface area contributed by atoms with Gasteiger partial charge in [-0.3, -0.25) is 0 Å². The minimum absolute atomic E-state index is 0.152. The maximum Gasteiger partial charge on any atom is 0.291 e. The fourth-order valence-corrected chi connectivity index (χ4v) is 0.996. The number of nitrogens with two attached hydrogens (primary N) is 1. The van der Waals surface area contributed by atoms with Gasteiger partial charge in [0.15, 0.2) is 23.3 Å². The van der Waals surface area contributed by atoms with E-state index < -0.39 is 41.3 Å². The van der Waals surface area contributed by atoms with Crippen LogP contribution in [0.4, 0.5) is 26.3 Å². The van der Waals surface area contributed by atoms with Gasteiger partial charge in [-0.05, 0) is 0 Å². The summed E-state index contributed by atoms with van der Waals surface area (Å²) in [5.41, 5.74) is 2.56. The zero-order valence-corrected chi connectivity index (χ0v) is 7.13. The van der Waals surface area contributed by atoms with Gasteiger partial charge in [0.25, 0.3) is 5.92 Å². The third-order valence-electron chi connectivity index (χ3n) is 1.73. The molecule has 0 fully saturated rings. The quantitative estimate of drug-likeness (QED) is 0.611. The Bertz CT molecular complexity index is 363. The Balaban J connectivity index is 3.53. The molecule has 2 N–H and O–H groups in total. The molecular weight excluding hydrogens is 224 g/mol. The summed E-state index contributed by atoms with van der Waals surface area (Å²) in [6, 6.07) is -0.152. The number of halogens is 6. The second-order valence-corrected chi connectivity index (χ2v) is 2.75. The van der Waals surface area contributed by atoms with E-state index >= 15 is 0 Å². The van der Waals surface area contributed by atoms with E-state index in [1.54, 1.807) is 0 Å². The van der Waals surface area contributed by atoms with Crippen LogP contribution in [0, 0.1) is 23.3 Å². The Labute approximate surface area is 80.5 Å². The first-order valence-electron chi connectivity index (χ1n) is 3.72. The van der Waals surface area contributed by atoms with Crippen LogP contribution in [0.3, 0.4) is 0 Å². The van der Waals surface area contributed by atoms with E-state index in [1.165, 1.54) is 0 Å². The van der Waals surface area contributed by atoms with E-state index in [4.69, 9.17) is 0 Å². The molecule has 0 aromatic heterocycles. The summed E-state index contributed by atoms with van der Waals surface area (Å²) in [5.74, 6) is -12.2. The maximum atomic E-state index is 12.8. The van der Waals surface area contributed by atoms with Gasteiger partial charge in [-0.15, -0.1) is 0 Å². The molecule has 0 radical (unpaired) electrons. The summed E-state index contributed by atoms with van der Waals surface area (Å²) in [4.78, 5) is 0. The first-order chi connectivity index (χ1) is 6.81. The van der Waals surface area contributed by atoms with E-state index in [0.717, 1.165) is 0 Å². The highest BCUT2D eigenvalue weighted by molar-refractivity contribution is 5.27. The SMILES string of the molecule is NCC(F)(F)c1c(F)c(F)cc(F)c1F. The predicted molar refractivity (Wildman–Crippen MR) is 39.2 cm³/mol. The van der Waals surface area contributed by atoms with Crippen molar-refractivity contribution in [3.05, 3.63) is 34.9 Å². The molecule has 15 heavy (non-hydrogen) atoms. The van der Waals surface area contributed by atoms with Crippen LogP contribution in [0.25, 0.3) is 0 Å². The maximum absolute atomic E-state index is 12.8. The van der Waals surface area contributed by atoms with E-state index in [1.807, 2.05) is 0 Å². The summed E-state index contributed by atoms with van der Waals surface area (Å²) in [7, 11) is 0. The lowest BCUT2D eigenvalue weighted by Gasteiger charge is -2.16. The van der Waals surface area contributed by atoms with E-state index in [2.05, 4.69) is 5.73 Å². The number of alkyl halides is 2. The fourth-order valence-electron chi connectivity index (χ4n) is 0.996. The summed E-state index contributed by atoms with van der Waals surface area (Å²) < 4.78 is 76.3. The summed E-state index contributed by atoms with van der Waals surface area (Å²) in [6.45, 7) is -1.45. The Morgan fingerprint density at radius 1 is 1.00 bits per heavy atom. The molecule has 0 aliphatic heterocycles. The minimum Gasteiger partial charge on any atom is -0.325 e. The molecular formula is C8H5F6N. The summed E-state index contributed by atoms with van der Waals surface area (Å²) in [5, 5.41) is 0. The largest absolute Gasteiger partial charge is 0.325 e. The highest BCUT2D eigenvalue weighted by atomic mass is 19.3. The van der Waals surface area contributed by atoms with Crippen molar-refractivity contribution in [1.82, 2.24) is 0 Å². The van der Waals surface area contributed by atoms with Gasteiger partial charge in [0.2, 0.25) is 0 Å². The van der Waals surface area contributed by atoms with Crippen molar-refractivity contribution in [3.8, 4) is 0 Å². The van der Waals surface area contributed by atoms with Crippen LogP contribution in [0.15, 0.2) is 6.07 Å². The van der Waals surface area contributed by atoms with Crippen molar-refractivity contribution in [2.45, 2.75) is 5.92 Å². The van der Waals surface area contributed by atoms with Crippen molar-refractivity contribution in [3.63, 3.8) is 0 Å². The molecule has 0 spiro atoms. The lowest BCUT2D eigenvalue weighted by atomic mass is 10.1. The molecule has 0 saturated carbocycles. The molecule has 0 saturated heterocycles. The van der Waals surface area contributed by atoms with Crippen molar-refractivity contribution < 1.29 is 26.3 Å². The minimum atomic E-state index is -4.16. The lowest BCUT2D eigenvalue weighted by Crippen LogP contribution is -2.28. The number of benzene rings is 1. The Hall–Kier alpha value is -1.24. The van der Waals surface area contributed by atoms with Gasteiger partial charge in [-0.25, -0.2) is 17.6 Å². The van der Waals surface area contributed by atoms with Gasteiger partial charge in [0.1, 0.15) is 0 Å². The molecule has 1 nitrogen and oxygen atoms in total. The van der Waals surface area contributed by atoms with Crippen LogP contribution in [0.1, 0.15) is 5.56 Å². The molecule has 0 unspecified atom stereocenters. The van der Waals surface area contributed by atoms with Crippen LogP contribution in [0.5, 0.6) is 0 Å². The van der Waals surface area contributed by atoms with Gasteiger partial charge >= 0.3 is 0 Å². The number of hydrogen-bond donors (Lipinski definition) is 1. The normalized spacial score (nSPS) is 11.9. The first-order valence-corrected chi connectivity index (χ1v) is 3.72. The Kier molecular flexibility index (Phi) is 2.94. The fraction of sp³-hybridized carbons (Fsp3) is 0.250. The van der Waals surface area contributed by atoms with Crippen LogP contribution < -0.4 is 5.73 Å². The predicted octanol–water partition coefficient (Wildman–Crippen LogP) is 2.29. The molecule has 0 bridgehead atoms. The van der Waals surface area contributed by atoms with Gasteiger partial charge in [0, 0.05) is 6.07 Å². The highest BCUT2D eigenvalue weighted by Crippen LogP contribution is 2.33. The molecule has 1 rings (SSSR count). The average molecular weight is 229 g/mol. The van der Waals surface area contributed by atoms with Crippen molar-refractivity contribution in [1.29, 1.82) is 0 Å². The Morgan fingerprint density at radius 3 is 1.73 bits per heavy atom. The molecule has 84 valence electrons. The van der Waals surface area contributed by atoms with Crippen LogP contribution >= 0.6 is 0 Å². The van der Waals surface area contributed by atoms with E-state index in [0.29, 0.717) is 0 Å². The third-order valence-corrected chi connectivity index (χ3v) is 1.73. The number of hydrogen-bond acceptors (Lipinski definition) is 1. The van der Waals surface area contributed by atoms with E-state index in [-0.39, 0.29) is 6.07 Å². The van der Waals surface area contributed by atoms with Crippen molar-refractivity contribution in [2.24, 2.45) is 5.73 Å². The van der Waals surface area contributed by atoms with Crippen LogP contribution in [-0.2, 0) is 5.92 Å². The molecule has 0 heterocycles. The van der Waals surface area contributed by atoms with Crippen molar-refractivity contribution >= 4 is 0 Å². The monoisotopic (exact) mass is 229 g/mol. The van der Waals surface area contributed by atoms with E-state index in [9.17, 15) is 26.3 Å². The molecule has 1 aromatic carbocycles. The highest BCUT2D eigenvalue weighted by Gasteiger charge is 2.39.